The third kappa shape index (κ3) is 4.82. The Balaban J connectivity index is 1.43. The standard InChI is InChI=1S/C25H25NO6/c1-2-7-21(26-25(29)30-15-16-8-4-3-5-9-16)24(28)31-17-12-13-19-18-10-6-11-20(18)23(27)32-22(19)14-17/h3-5,8-9,12-14,21H,2,6-7,10-11,15H2,1H3,(H,26,29)/t21-/m1/s1. The summed E-state index contributed by atoms with van der Waals surface area (Å²) in [6, 6.07) is 13.5. The Morgan fingerprint density at radius 1 is 1.09 bits per heavy atom. The number of esters is 1. The van der Waals surface area contributed by atoms with Gasteiger partial charge in [0.1, 0.15) is 24.0 Å². The zero-order chi connectivity index (χ0) is 22.5. The van der Waals surface area contributed by atoms with Crippen LogP contribution in [0.15, 0.2) is 57.7 Å². The van der Waals surface area contributed by atoms with Crippen molar-refractivity contribution in [3.8, 4) is 5.75 Å². The molecule has 0 saturated carbocycles. The predicted octanol–water partition coefficient (Wildman–Crippen LogP) is 4.28. The van der Waals surface area contributed by atoms with Crippen LogP contribution in [0.1, 0.15) is 42.9 Å². The van der Waals surface area contributed by atoms with Crippen molar-refractivity contribution in [3.63, 3.8) is 0 Å². The summed E-state index contributed by atoms with van der Waals surface area (Å²) in [6.07, 6.45) is 2.87. The van der Waals surface area contributed by atoms with Gasteiger partial charge in [-0.3, -0.25) is 0 Å². The first-order valence-electron chi connectivity index (χ1n) is 10.8. The molecule has 32 heavy (non-hydrogen) atoms. The second-order valence-corrected chi connectivity index (χ2v) is 7.83. The van der Waals surface area contributed by atoms with Crippen LogP contribution in [0.25, 0.3) is 11.0 Å². The lowest BCUT2D eigenvalue weighted by Gasteiger charge is -2.17. The lowest BCUT2D eigenvalue weighted by atomic mass is 10.1. The normalized spacial score (nSPS) is 13.4. The minimum atomic E-state index is -0.856. The van der Waals surface area contributed by atoms with E-state index >= 15 is 0 Å². The molecule has 2 aromatic carbocycles. The first-order valence-corrected chi connectivity index (χ1v) is 10.8. The topological polar surface area (TPSA) is 94.8 Å². The molecule has 1 heterocycles. The van der Waals surface area contributed by atoms with Crippen molar-refractivity contribution in [2.75, 3.05) is 0 Å². The van der Waals surface area contributed by atoms with E-state index < -0.39 is 18.1 Å². The Hall–Kier alpha value is -3.61. The van der Waals surface area contributed by atoms with E-state index in [9.17, 15) is 14.4 Å². The van der Waals surface area contributed by atoms with E-state index in [4.69, 9.17) is 13.9 Å². The molecule has 3 aromatic rings. The number of amides is 1. The summed E-state index contributed by atoms with van der Waals surface area (Å²) in [5.41, 5.74) is 2.66. The van der Waals surface area contributed by atoms with Crippen molar-refractivity contribution in [3.05, 3.63) is 75.6 Å². The molecule has 1 aromatic heterocycles. The average Bonchev–Trinajstić information content (AvgIpc) is 3.29. The van der Waals surface area contributed by atoms with Gasteiger partial charge in [-0.25, -0.2) is 14.4 Å². The minimum Gasteiger partial charge on any atom is -0.445 e. The fraction of sp³-hybridized carbons (Fsp3) is 0.320. The maximum atomic E-state index is 12.7. The molecular formula is C25H25NO6. The van der Waals surface area contributed by atoms with Crippen LogP contribution >= 0.6 is 0 Å². The zero-order valence-corrected chi connectivity index (χ0v) is 17.9. The quantitative estimate of drug-likeness (QED) is 0.338. The molecule has 0 fully saturated rings. The number of fused-ring (bicyclic) bond motifs is 3. The van der Waals surface area contributed by atoms with Crippen molar-refractivity contribution in [2.24, 2.45) is 0 Å². The number of nitrogens with one attached hydrogen (secondary N) is 1. The second-order valence-electron chi connectivity index (χ2n) is 7.83. The van der Waals surface area contributed by atoms with E-state index in [0.29, 0.717) is 18.4 Å². The Kier molecular flexibility index (Phi) is 6.54. The molecule has 0 spiro atoms. The highest BCUT2D eigenvalue weighted by Crippen LogP contribution is 2.29. The van der Waals surface area contributed by atoms with Gasteiger partial charge in [0.25, 0.3) is 0 Å². The van der Waals surface area contributed by atoms with Crippen molar-refractivity contribution in [1.29, 1.82) is 0 Å². The summed E-state index contributed by atoms with van der Waals surface area (Å²) in [7, 11) is 0. The third-order valence-corrected chi connectivity index (χ3v) is 5.53. The van der Waals surface area contributed by atoms with E-state index in [1.165, 1.54) is 0 Å². The molecule has 1 N–H and O–H groups in total. The van der Waals surface area contributed by atoms with Crippen molar-refractivity contribution >= 4 is 23.0 Å². The average molecular weight is 435 g/mol. The molecular weight excluding hydrogens is 410 g/mol. The summed E-state index contributed by atoms with van der Waals surface area (Å²) >= 11 is 0. The van der Waals surface area contributed by atoms with Crippen molar-refractivity contribution < 1.29 is 23.5 Å². The summed E-state index contributed by atoms with van der Waals surface area (Å²) in [5, 5.41) is 3.44. The molecule has 1 aliphatic carbocycles. The maximum absolute atomic E-state index is 12.7. The minimum absolute atomic E-state index is 0.106. The van der Waals surface area contributed by atoms with Crippen molar-refractivity contribution in [1.82, 2.24) is 5.32 Å². The highest BCUT2D eigenvalue weighted by Gasteiger charge is 2.24. The molecule has 7 heteroatoms. The molecule has 1 amide bonds. The lowest BCUT2D eigenvalue weighted by molar-refractivity contribution is -0.136. The molecule has 1 aliphatic rings. The van der Waals surface area contributed by atoms with Gasteiger partial charge >= 0.3 is 17.7 Å². The highest BCUT2D eigenvalue weighted by molar-refractivity contribution is 5.86. The Morgan fingerprint density at radius 3 is 2.66 bits per heavy atom. The number of hydrogen-bond acceptors (Lipinski definition) is 6. The molecule has 0 bridgehead atoms. The molecule has 0 saturated heterocycles. The van der Waals surface area contributed by atoms with Gasteiger partial charge in [-0.1, -0.05) is 43.7 Å². The molecule has 7 nitrogen and oxygen atoms in total. The molecule has 166 valence electrons. The molecule has 0 radical (unpaired) electrons. The van der Waals surface area contributed by atoms with E-state index in [1.54, 1.807) is 18.2 Å². The highest BCUT2D eigenvalue weighted by atomic mass is 16.6. The van der Waals surface area contributed by atoms with Gasteiger partial charge in [-0.2, -0.15) is 0 Å². The Labute approximate surface area is 185 Å². The number of carbonyl (C=O) groups is 2. The van der Waals surface area contributed by atoms with Crippen LogP contribution in [0.3, 0.4) is 0 Å². The van der Waals surface area contributed by atoms with Crippen LogP contribution in [-0.2, 0) is 29.0 Å². The number of hydrogen-bond donors (Lipinski definition) is 1. The number of rotatable bonds is 7. The Bertz CT molecular complexity index is 1180. The number of ether oxygens (including phenoxy) is 2. The van der Waals surface area contributed by atoms with E-state index in [1.807, 2.05) is 37.3 Å². The summed E-state index contributed by atoms with van der Waals surface area (Å²) in [6.45, 7) is 2.01. The van der Waals surface area contributed by atoms with E-state index in [0.717, 1.165) is 41.3 Å². The van der Waals surface area contributed by atoms with Gasteiger partial charge in [-0.05, 0) is 48.9 Å². The van der Waals surface area contributed by atoms with Crippen LogP contribution < -0.4 is 15.7 Å². The summed E-state index contributed by atoms with van der Waals surface area (Å²) < 4.78 is 16.1. The van der Waals surface area contributed by atoms with Crippen LogP contribution in [0.4, 0.5) is 4.79 Å². The molecule has 0 aliphatic heterocycles. The number of aryl methyl sites for hydroxylation is 1. The zero-order valence-electron chi connectivity index (χ0n) is 17.9. The van der Waals surface area contributed by atoms with E-state index in [-0.39, 0.29) is 18.0 Å². The van der Waals surface area contributed by atoms with Gasteiger partial charge < -0.3 is 19.2 Å². The van der Waals surface area contributed by atoms with Crippen LogP contribution in [0.2, 0.25) is 0 Å². The maximum Gasteiger partial charge on any atom is 0.408 e. The van der Waals surface area contributed by atoms with Gasteiger partial charge in [0.15, 0.2) is 0 Å². The largest absolute Gasteiger partial charge is 0.445 e. The fourth-order valence-electron chi connectivity index (χ4n) is 3.96. The second kappa shape index (κ2) is 9.68. The number of alkyl carbamates (subject to hydrolysis) is 1. The Morgan fingerprint density at radius 2 is 1.88 bits per heavy atom. The smallest absolute Gasteiger partial charge is 0.408 e. The van der Waals surface area contributed by atoms with Crippen LogP contribution in [0, 0.1) is 0 Å². The first kappa shape index (κ1) is 21.6. The predicted molar refractivity (Wildman–Crippen MR) is 119 cm³/mol. The van der Waals surface area contributed by atoms with Gasteiger partial charge in [0, 0.05) is 17.0 Å². The van der Waals surface area contributed by atoms with Crippen LogP contribution in [-0.4, -0.2) is 18.1 Å². The third-order valence-electron chi connectivity index (χ3n) is 5.53. The van der Waals surface area contributed by atoms with E-state index in [2.05, 4.69) is 5.32 Å². The number of benzene rings is 2. The van der Waals surface area contributed by atoms with Gasteiger partial charge in [0.05, 0.1) is 0 Å². The van der Waals surface area contributed by atoms with Crippen LogP contribution in [0.5, 0.6) is 5.75 Å². The molecule has 4 rings (SSSR count). The summed E-state index contributed by atoms with van der Waals surface area (Å²) in [4.78, 5) is 37.1. The summed E-state index contributed by atoms with van der Waals surface area (Å²) in [5.74, 6) is -0.351. The first-order chi connectivity index (χ1) is 15.5. The molecule has 0 unspecified atom stereocenters. The SMILES string of the molecule is CCC[C@@H](NC(=O)OCc1ccccc1)C(=O)Oc1ccc2c3c(c(=O)oc2c1)CCC3. The van der Waals surface area contributed by atoms with Gasteiger partial charge in [0.2, 0.25) is 0 Å². The van der Waals surface area contributed by atoms with Crippen molar-refractivity contribution in [2.45, 2.75) is 51.7 Å². The van der Waals surface area contributed by atoms with Gasteiger partial charge in [-0.15, -0.1) is 0 Å². The lowest BCUT2D eigenvalue weighted by Crippen LogP contribution is -2.43. The monoisotopic (exact) mass is 435 g/mol. The molecule has 1 atom stereocenters. The number of carbonyl (C=O) groups excluding carboxylic acids is 2. The fourth-order valence-corrected chi connectivity index (χ4v) is 3.96.